The van der Waals surface area contributed by atoms with Crippen LogP contribution in [0.15, 0.2) is 18.2 Å². The van der Waals surface area contributed by atoms with Crippen LogP contribution in [0.4, 0.5) is 8.78 Å². The van der Waals surface area contributed by atoms with E-state index in [1.807, 2.05) is 0 Å². The molecular formula is C9H6F2N2O2. The highest BCUT2D eigenvalue weighted by molar-refractivity contribution is 5.86. The van der Waals surface area contributed by atoms with Gasteiger partial charge in [0.25, 0.3) is 0 Å². The number of rotatable bonds is 3. The van der Waals surface area contributed by atoms with Gasteiger partial charge in [-0.05, 0) is 12.1 Å². The first kappa shape index (κ1) is 9.57. The summed E-state index contributed by atoms with van der Waals surface area (Å²) < 4.78 is 28.3. The summed E-state index contributed by atoms with van der Waals surface area (Å²) in [6.07, 6.45) is 0.506. The van der Waals surface area contributed by atoms with Gasteiger partial charge >= 0.3 is 6.61 Å². The molecule has 2 rings (SSSR count). The maximum atomic E-state index is 12.0. The van der Waals surface area contributed by atoms with Gasteiger partial charge in [-0.3, -0.25) is 4.79 Å². The molecule has 78 valence electrons. The minimum Gasteiger partial charge on any atom is -0.432 e. The number of ether oxygens (including phenoxy) is 1. The second-order valence-electron chi connectivity index (χ2n) is 2.77. The fourth-order valence-corrected chi connectivity index (χ4v) is 1.27. The Morgan fingerprint density at radius 1 is 1.47 bits per heavy atom. The smallest absolute Gasteiger partial charge is 0.387 e. The third-order valence-electron chi connectivity index (χ3n) is 1.82. The number of aldehydes is 1. The normalized spacial score (nSPS) is 10.9. The quantitative estimate of drug-likeness (QED) is 0.791. The molecule has 0 saturated heterocycles. The standard InChI is InChI=1S/C9H6F2N2O2/c10-9(11)15-6-3-1-2-5-8(6)13-7(4-14)12-5/h1-4,9H,(H,12,13). The van der Waals surface area contributed by atoms with Gasteiger partial charge in [0.15, 0.2) is 17.9 Å². The lowest BCUT2D eigenvalue weighted by Gasteiger charge is -2.03. The Hall–Kier alpha value is -1.98. The number of nitrogens with zero attached hydrogens (tertiary/aromatic N) is 1. The van der Waals surface area contributed by atoms with Crippen molar-refractivity contribution in [2.24, 2.45) is 0 Å². The van der Waals surface area contributed by atoms with Crippen LogP contribution < -0.4 is 4.74 Å². The van der Waals surface area contributed by atoms with E-state index in [9.17, 15) is 13.6 Å². The molecule has 0 aliphatic rings. The number of benzene rings is 1. The van der Waals surface area contributed by atoms with Crippen molar-refractivity contribution in [3.8, 4) is 5.75 Å². The predicted molar refractivity (Wildman–Crippen MR) is 48.1 cm³/mol. The van der Waals surface area contributed by atoms with Crippen molar-refractivity contribution in [3.63, 3.8) is 0 Å². The monoisotopic (exact) mass is 212 g/mol. The Labute approximate surface area is 82.9 Å². The molecule has 0 bridgehead atoms. The van der Waals surface area contributed by atoms with Gasteiger partial charge in [-0.15, -0.1) is 0 Å². The molecule has 0 radical (unpaired) electrons. The first-order valence-corrected chi connectivity index (χ1v) is 4.09. The van der Waals surface area contributed by atoms with E-state index >= 15 is 0 Å². The molecule has 6 heteroatoms. The summed E-state index contributed by atoms with van der Waals surface area (Å²) >= 11 is 0. The highest BCUT2D eigenvalue weighted by atomic mass is 19.3. The molecule has 2 aromatic rings. The summed E-state index contributed by atoms with van der Waals surface area (Å²) in [5.74, 6) is 0.0298. The molecule has 0 amide bonds. The summed E-state index contributed by atoms with van der Waals surface area (Å²) in [5.41, 5.74) is 0.704. The second-order valence-corrected chi connectivity index (χ2v) is 2.77. The van der Waals surface area contributed by atoms with Crippen LogP contribution in [0.25, 0.3) is 11.0 Å². The van der Waals surface area contributed by atoms with Crippen molar-refractivity contribution in [2.45, 2.75) is 6.61 Å². The number of imidazole rings is 1. The van der Waals surface area contributed by atoms with E-state index in [1.165, 1.54) is 12.1 Å². The number of para-hydroxylation sites is 1. The maximum absolute atomic E-state index is 12.0. The highest BCUT2D eigenvalue weighted by Gasteiger charge is 2.11. The van der Waals surface area contributed by atoms with E-state index < -0.39 is 6.61 Å². The van der Waals surface area contributed by atoms with Crippen LogP contribution in [0.5, 0.6) is 5.75 Å². The number of nitrogens with one attached hydrogen (secondary N) is 1. The highest BCUT2D eigenvalue weighted by Crippen LogP contribution is 2.24. The first-order chi connectivity index (χ1) is 7.20. The SMILES string of the molecule is O=Cc1nc2c(OC(F)F)cccc2[nH]1. The number of hydrogen-bond acceptors (Lipinski definition) is 3. The topological polar surface area (TPSA) is 55.0 Å². The van der Waals surface area contributed by atoms with Gasteiger partial charge in [-0.1, -0.05) is 6.07 Å². The van der Waals surface area contributed by atoms with Crippen LogP contribution in [0, 0.1) is 0 Å². The number of hydrogen-bond donors (Lipinski definition) is 1. The molecular weight excluding hydrogens is 206 g/mol. The largest absolute Gasteiger partial charge is 0.432 e. The zero-order valence-corrected chi connectivity index (χ0v) is 7.41. The molecule has 0 aliphatic heterocycles. The fourth-order valence-electron chi connectivity index (χ4n) is 1.27. The number of alkyl halides is 2. The Bertz CT molecular complexity index is 496. The van der Waals surface area contributed by atoms with Crippen LogP contribution in [-0.2, 0) is 0 Å². The lowest BCUT2D eigenvalue weighted by atomic mass is 10.3. The van der Waals surface area contributed by atoms with Crippen molar-refractivity contribution in [3.05, 3.63) is 24.0 Å². The predicted octanol–water partition coefficient (Wildman–Crippen LogP) is 1.98. The van der Waals surface area contributed by atoms with Gasteiger partial charge in [-0.25, -0.2) is 4.98 Å². The van der Waals surface area contributed by atoms with Crippen LogP contribution in [-0.4, -0.2) is 22.9 Å². The zero-order chi connectivity index (χ0) is 10.8. The molecule has 4 nitrogen and oxygen atoms in total. The lowest BCUT2D eigenvalue weighted by molar-refractivity contribution is -0.0489. The minimum atomic E-state index is -2.91. The van der Waals surface area contributed by atoms with Gasteiger partial charge in [0.05, 0.1) is 5.52 Å². The molecule has 0 atom stereocenters. The number of halogens is 2. The van der Waals surface area contributed by atoms with Crippen molar-refractivity contribution in [1.29, 1.82) is 0 Å². The van der Waals surface area contributed by atoms with Crippen LogP contribution in [0.3, 0.4) is 0 Å². The number of fused-ring (bicyclic) bond motifs is 1. The Kier molecular flexibility index (Phi) is 2.32. The molecule has 1 aromatic carbocycles. The third kappa shape index (κ3) is 1.78. The molecule has 0 fully saturated rings. The molecule has 1 N–H and O–H groups in total. The van der Waals surface area contributed by atoms with E-state index in [0.29, 0.717) is 11.8 Å². The molecule has 15 heavy (non-hydrogen) atoms. The number of aromatic nitrogens is 2. The lowest BCUT2D eigenvalue weighted by Crippen LogP contribution is -2.02. The fraction of sp³-hybridized carbons (Fsp3) is 0.111. The number of carbonyl (C=O) groups is 1. The van der Waals surface area contributed by atoms with Gasteiger partial charge in [0.1, 0.15) is 5.52 Å². The number of carbonyl (C=O) groups excluding carboxylic acids is 1. The van der Waals surface area contributed by atoms with E-state index in [0.717, 1.165) is 0 Å². The number of H-pyrrole nitrogens is 1. The van der Waals surface area contributed by atoms with Gasteiger partial charge in [0, 0.05) is 0 Å². The maximum Gasteiger partial charge on any atom is 0.387 e. The molecule has 0 saturated carbocycles. The van der Waals surface area contributed by atoms with Gasteiger partial charge in [0.2, 0.25) is 0 Å². The van der Waals surface area contributed by atoms with Crippen LogP contribution >= 0.6 is 0 Å². The van der Waals surface area contributed by atoms with Crippen molar-refractivity contribution in [2.75, 3.05) is 0 Å². The molecule has 1 aromatic heterocycles. The molecule has 0 unspecified atom stereocenters. The Morgan fingerprint density at radius 2 is 2.27 bits per heavy atom. The summed E-state index contributed by atoms with van der Waals surface area (Å²) in [7, 11) is 0. The van der Waals surface area contributed by atoms with Crippen LogP contribution in [0.1, 0.15) is 10.6 Å². The van der Waals surface area contributed by atoms with Crippen molar-refractivity contribution < 1.29 is 18.3 Å². The summed E-state index contributed by atoms with van der Waals surface area (Å²) in [5, 5.41) is 0. The summed E-state index contributed by atoms with van der Waals surface area (Å²) in [4.78, 5) is 16.9. The van der Waals surface area contributed by atoms with Crippen molar-refractivity contribution in [1.82, 2.24) is 9.97 Å². The van der Waals surface area contributed by atoms with E-state index in [4.69, 9.17) is 0 Å². The Morgan fingerprint density at radius 3 is 2.93 bits per heavy atom. The van der Waals surface area contributed by atoms with E-state index in [-0.39, 0.29) is 17.1 Å². The molecule has 0 aliphatic carbocycles. The third-order valence-corrected chi connectivity index (χ3v) is 1.82. The summed E-state index contributed by atoms with van der Waals surface area (Å²) in [6, 6.07) is 4.52. The summed E-state index contributed by atoms with van der Waals surface area (Å²) in [6.45, 7) is -2.91. The Balaban J connectivity index is 2.54. The van der Waals surface area contributed by atoms with E-state index in [2.05, 4.69) is 14.7 Å². The molecule has 1 heterocycles. The average Bonchev–Trinajstić information content (AvgIpc) is 2.61. The number of aromatic amines is 1. The van der Waals surface area contributed by atoms with Crippen molar-refractivity contribution >= 4 is 17.3 Å². The zero-order valence-electron chi connectivity index (χ0n) is 7.41. The van der Waals surface area contributed by atoms with Crippen LogP contribution in [0.2, 0.25) is 0 Å². The second kappa shape index (κ2) is 3.64. The van der Waals surface area contributed by atoms with Gasteiger partial charge in [-0.2, -0.15) is 8.78 Å². The average molecular weight is 212 g/mol. The molecule has 0 spiro atoms. The first-order valence-electron chi connectivity index (χ1n) is 4.09. The van der Waals surface area contributed by atoms with E-state index in [1.54, 1.807) is 6.07 Å². The van der Waals surface area contributed by atoms with Gasteiger partial charge < -0.3 is 9.72 Å². The minimum absolute atomic E-state index is 0.0492.